The van der Waals surface area contributed by atoms with E-state index in [0.717, 1.165) is 30.7 Å². The van der Waals surface area contributed by atoms with Gasteiger partial charge in [0.05, 0.1) is 13.0 Å². The van der Waals surface area contributed by atoms with E-state index in [1.54, 1.807) is 7.11 Å². The van der Waals surface area contributed by atoms with Crippen LogP contribution in [-0.4, -0.2) is 41.1 Å². The van der Waals surface area contributed by atoms with Crippen molar-refractivity contribution in [1.82, 2.24) is 15.0 Å². The molecule has 2 aromatic rings. The first-order valence-corrected chi connectivity index (χ1v) is 8.66. The molecule has 1 unspecified atom stereocenters. The van der Waals surface area contributed by atoms with Gasteiger partial charge in [0.1, 0.15) is 5.75 Å². The summed E-state index contributed by atoms with van der Waals surface area (Å²) in [5, 5.41) is 4.11. The zero-order valence-electron chi connectivity index (χ0n) is 15.3. The third-order valence-electron chi connectivity index (χ3n) is 4.47. The summed E-state index contributed by atoms with van der Waals surface area (Å²) in [6.45, 7) is 7.28. The molecular formula is C19H25N3O3. The largest absolute Gasteiger partial charge is 0.497 e. The zero-order valence-corrected chi connectivity index (χ0v) is 15.3. The number of rotatable bonds is 3. The van der Waals surface area contributed by atoms with E-state index in [4.69, 9.17) is 9.26 Å². The Morgan fingerprint density at radius 1 is 1.36 bits per heavy atom. The number of methoxy groups -OCH3 is 1. The average Bonchev–Trinajstić information content (AvgIpc) is 3.10. The summed E-state index contributed by atoms with van der Waals surface area (Å²) < 4.78 is 10.7. The third kappa shape index (κ3) is 3.83. The van der Waals surface area contributed by atoms with Crippen LogP contribution in [0.1, 0.15) is 45.4 Å². The van der Waals surface area contributed by atoms with Gasteiger partial charge in [0.2, 0.25) is 17.6 Å². The summed E-state index contributed by atoms with van der Waals surface area (Å²) in [4.78, 5) is 19.0. The van der Waals surface area contributed by atoms with Gasteiger partial charge in [-0.25, -0.2) is 0 Å². The molecule has 1 saturated heterocycles. The summed E-state index contributed by atoms with van der Waals surface area (Å²) in [6, 6.07) is 7.58. The van der Waals surface area contributed by atoms with Gasteiger partial charge in [0.25, 0.3) is 0 Å². The van der Waals surface area contributed by atoms with E-state index in [-0.39, 0.29) is 17.2 Å². The third-order valence-corrected chi connectivity index (χ3v) is 4.47. The molecule has 0 bridgehead atoms. The molecular weight excluding hydrogens is 318 g/mol. The van der Waals surface area contributed by atoms with Gasteiger partial charge in [-0.05, 0) is 25.0 Å². The number of likely N-dealkylation sites (tertiary alicyclic amines) is 1. The van der Waals surface area contributed by atoms with Crippen molar-refractivity contribution in [3.63, 3.8) is 0 Å². The van der Waals surface area contributed by atoms with Crippen molar-refractivity contribution in [3.8, 4) is 17.1 Å². The zero-order chi connectivity index (χ0) is 18.0. The van der Waals surface area contributed by atoms with Crippen LogP contribution in [0.15, 0.2) is 28.8 Å². The molecule has 6 nitrogen and oxygen atoms in total. The highest BCUT2D eigenvalue weighted by Crippen LogP contribution is 2.30. The van der Waals surface area contributed by atoms with Crippen molar-refractivity contribution < 1.29 is 14.1 Å². The lowest BCUT2D eigenvalue weighted by atomic mass is 9.91. The highest BCUT2D eigenvalue weighted by atomic mass is 16.5. The lowest BCUT2D eigenvalue weighted by Crippen LogP contribution is -2.44. The van der Waals surface area contributed by atoms with E-state index in [9.17, 15) is 4.79 Å². The van der Waals surface area contributed by atoms with Crippen LogP contribution in [-0.2, 0) is 4.79 Å². The number of nitrogens with zero attached hydrogens (tertiary/aromatic N) is 3. The monoisotopic (exact) mass is 343 g/mol. The van der Waals surface area contributed by atoms with Gasteiger partial charge in [0, 0.05) is 24.1 Å². The fourth-order valence-corrected chi connectivity index (χ4v) is 3.12. The van der Waals surface area contributed by atoms with Gasteiger partial charge in [-0.1, -0.05) is 38.1 Å². The van der Waals surface area contributed by atoms with Crippen LogP contribution in [0.4, 0.5) is 0 Å². The first kappa shape index (κ1) is 17.5. The fourth-order valence-electron chi connectivity index (χ4n) is 3.12. The van der Waals surface area contributed by atoms with Crippen molar-refractivity contribution >= 4 is 5.91 Å². The van der Waals surface area contributed by atoms with E-state index < -0.39 is 0 Å². The highest BCUT2D eigenvalue weighted by molar-refractivity contribution is 5.81. The van der Waals surface area contributed by atoms with Crippen LogP contribution in [0.5, 0.6) is 5.75 Å². The average molecular weight is 343 g/mol. The summed E-state index contributed by atoms with van der Waals surface area (Å²) in [7, 11) is 1.63. The fraction of sp³-hybridized carbons (Fsp3) is 0.526. The second-order valence-corrected chi connectivity index (χ2v) is 7.53. The molecule has 1 atom stereocenters. The van der Waals surface area contributed by atoms with E-state index in [1.807, 2.05) is 49.9 Å². The van der Waals surface area contributed by atoms with Gasteiger partial charge in [-0.3, -0.25) is 4.79 Å². The van der Waals surface area contributed by atoms with Gasteiger partial charge >= 0.3 is 0 Å². The highest BCUT2D eigenvalue weighted by Gasteiger charge is 2.33. The summed E-state index contributed by atoms with van der Waals surface area (Å²) in [5.41, 5.74) is 0.482. The first-order chi connectivity index (χ1) is 11.9. The van der Waals surface area contributed by atoms with Crippen molar-refractivity contribution in [2.24, 2.45) is 5.41 Å². The minimum atomic E-state index is -0.373. The van der Waals surface area contributed by atoms with Gasteiger partial charge in [0.15, 0.2) is 0 Å². The molecule has 0 N–H and O–H groups in total. The van der Waals surface area contributed by atoms with Crippen LogP contribution in [0.2, 0.25) is 0 Å². The van der Waals surface area contributed by atoms with Crippen molar-refractivity contribution in [2.75, 3.05) is 20.2 Å². The van der Waals surface area contributed by atoms with E-state index in [0.29, 0.717) is 18.3 Å². The van der Waals surface area contributed by atoms with Crippen LogP contribution in [0, 0.1) is 5.41 Å². The number of benzene rings is 1. The topological polar surface area (TPSA) is 68.5 Å². The lowest BCUT2D eigenvalue weighted by Gasteiger charge is -2.35. The van der Waals surface area contributed by atoms with Crippen molar-refractivity contribution in [2.45, 2.75) is 39.5 Å². The Labute approximate surface area is 148 Å². The molecule has 1 aliphatic heterocycles. The predicted octanol–water partition coefficient (Wildman–Crippen LogP) is 3.50. The van der Waals surface area contributed by atoms with Crippen LogP contribution in [0.25, 0.3) is 11.4 Å². The Balaban J connectivity index is 1.76. The molecule has 0 aliphatic carbocycles. The molecule has 1 amide bonds. The maximum Gasteiger partial charge on any atom is 0.231 e. The van der Waals surface area contributed by atoms with Crippen LogP contribution >= 0.6 is 0 Å². The number of hydrogen-bond acceptors (Lipinski definition) is 5. The van der Waals surface area contributed by atoms with Gasteiger partial charge < -0.3 is 14.2 Å². The number of aromatic nitrogens is 2. The molecule has 0 radical (unpaired) electrons. The second-order valence-electron chi connectivity index (χ2n) is 7.53. The van der Waals surface area contributed by atoms with Crippen molar-refractivity contribution in [3.05, 3.63) is 30.2 Å². The Morgan fingerprint density at radius 3 is 2.88 bits per heavy atom. The number of carbonyl (C=O) groups excluding carboxylic acids is 1. The van der Waals surface area contributed by atoms with E-state index >= 15 is 0 Å². The van der Waals surface area contributed by atoms with Crippen LogP contribution < -0.4 is 4.74 Å². The van der Waals surface area contributed by atoms with E-state index in [1.165, 1.54) is 0 Å². The molecule has 3 rings (SSSR count). The first-order valence-electron chi connectivity index (χ1n) is 8.66. The molecule has 1 aromatic carbocycles. The quantitative estimate of drug-likeness (QED) is 0.853. The minimum Gasteiger partial charge on any atom is -0.497 e. The SMILES string of the molecule is COc1cccc(-c2noc(C3CCCN(C(=O)C(C)(C)C)C3)n2)c1. The smallest absolute Gasteiger partial charge is 0.231 e. The standard InChI is InChI=1S/C19H25N3O3/c1-19(2,3)18(23)22-10-6-8-14(12-22)17-20-16(21-25-17)13-7-5-9-15(11-13)24-4/h5,7,9,11,14H,6,8,10,12H2,1-4H3. The molecule has 0 spiro atoms. The molecule has 1 aliphatic rings. The molecule has 1 aromatic heterocycles. The number of carbonyl (C=O) groups is 1. The molecule has 2 heterocycles. The van der Waals surface area contributed by atoms with Gasteiger partial charge in [-0.2, -0.15) is 4.98 Å². The Kier molecular flexibility index (Phi) is 4.79. The normalized spacial score (nSPS) is 18.2. The minimum absolute atomic E-state index is 0.0897. The number of ether oxygens (including phenoxy) is 1. The van der Waals surface area contributed by atoms with Crippen LogP contribution in [0.3, 0.4) is 0 Å². The summed E-state index contributed by atoms with van der Waals surface area (Å²) >= 11 is 0. The number of hydrogen-bond donors (Lipinski definition) is 0. The van der Waals surface area contributed by atoms with Gasteiger partial charge in [-0.15, -0.1) is 0 Å². The number of amides is 1. The van der Waals surface area contributed by atoms with Crippen molar-refractivity contribution in [1.29, 1.82) is 0 Å². The molecule has 1 fully saturated rings. The molecule has 6 heteroatoms. The maximum absolute atomic E-state index is 12.5. The lowest BCUT2D eigenvalue weighted by molar-refractivity contribution is -0.140. The molecule has 25 heavy (non-hydrogen) atoms. The summed E-state index contributed by atoms with van der Waals surface area (Å²) in [5.74, 6) is 2.16. The second kappa shape index (κ2) is 6.86. The summed E-state index contributed by atoms with van der Waals surface area (Å²) in [6.07, 6.45) is 1.90. The Morgan fingerprint density at radius 2 is 2.16 bits per heavy atom. The maximum atomic E-state index is 12.5. The molecule has 134 valence electrons. The molecule has 0 saturated carbocycles. The predicted molar refractivity (Wildman–Crippen MR) is 94.3 cm³/mol. The number of piperidine rings is 1. The van der Waals surface area contributed by atoms with E-state index in [2.05, 4.69) is 10.1 Å². The Hall–Kier alpha value is -2.37. The Bertz CT molecular complexity index is 748.